The topological polar surface area (TPSA) is 388 Å². The van der Waals surface area contributed by atoms with E-state index in [2.05, 4.69) is 0 Å². The van der Waals surface area contributed by atoms with Crippen LogP contribution in [0.3, 0.4) is 0 Å². The number of benzene rings is 8. The molecule has 0 saturated carbocycles. The fourth-order valence-corrected chi connectivity index (χ4v) is 7.13. The van der Waals surface area contributed by atoms with Crippen molar-refractivity contribution in [2.24, 2.45) is 0 Å². The molecule has 64 heavy (non-hydrogen) atoms. The Kier molecular flexibility index (Phi) is 20.6. The van der Waals surface area contributed by atoms with Gasteiger partial charge in [0, 0.05) is 7.11 Å². The van der Waals surface area contributed by atoms with E-state index >= 15 is 0 Å². The van der Waals surface area contributed by atoms with Gasteiger partial charge in [-0.15, -0.1) is 23.0 Å². The fourth-order valence-electron chi connectivity index (χ4n) is 7.13. The molecule has 0 amide bonds. The van der Waals surface area contributed by atoms with Gasteiger partial charge in [0.1, 0.15) is 0 Å². The van der Waals surface area contributed by atoms with Gasteiger partial charge in [0.15, 0.2) is 0 Å². The smallest absolute Gasteiger partial charge is 0.872 e. The first-order valence-corrected chi connectivity index (χ1v) is 17.1. The van der Waals surface area contributed by atoms with Gasteiger partial charge < -0.3 is 67.9 Å². The number of aliphatic hydroxyl groups excluding tert-OH is 1. The zero-order valence-corrected chi connectivity index (χ0v) is 34.5. The Balaban J connectivity index is 0.00000110. The van der Waals surface area contributed by atoms with Crippen LogP contribution in [0.25, 0.3) is 65.3 Å². The van der Waals surface area contributed by atoms with Crippen LogP contribution in [0.2, 0.25) is 0 Å². The van der Waals surface area contributed by atoms with Gasteiger partial charge in [0.2, 0.25) is 0 Å². The molecular formula is C45H36Cu2O17. The van der Waals surface area contributed by atoms with Crippen LogP contribution >= 0.6 is 0 Å². The van der Waals surface area contributed by atoms with Gasteiger partial charge >= 0.3 is 58.0 Å². The Morgan fingerprint density at radius 2 is 0.484 bits per heavy atom. The molecule has 340 valence electrons. The van der Waals surface area contributed by atoms with E-state index in [0.717, 1.165) is 7.11 Å². The van der Waals surface area contributed by atoms with Crippen molar-refractivity contribution < 1.29 is 121 Å². The van der Waals surface area contributed by atoms with Crippen LogP contribution in [0.4, 0.5) is 0 Å². The average Bonchev–Trinajstić information content (AvgIpc) is 3.21. The summed E-state index contributed by atoms with van der Waals surface area (Å²) in [4.78, 5) is 46.2. The maximum atomic E-state index is 12.7. The van der Waals surface area contributed by atoms with Gasteiger partial charge in [0.25, 0.3) is 0 Å². The Morgan fingerprint density at radius 1 is 0.312 bits per heavy atom. The van der Waals surface area contributed by atoms with E-state index in [1.54, 1.807) is 24.3 Å². The molecule has 0 aliphatic rings. The van der Waals surface area contributed by atoms with Crippen molar-refractivity contribution in [3.8, 4) is 45.3 Å². The molecule has 0 bridgehead atoms. The molecule has 0 spiro atoms. The van der Waals surface area contributed by atoms with Gasteiger partial charge in [0.05, 0.1) is 22.3 Å². The zero-order valence-electron chi connectivity index (χ0n) is 32.7. The van der Waals surface area contributed by atoms with Crippen molar-refractivity contribution in [2.75, 3.05) is 7.11 Å². The fraction of sp³-hybridized carbons (Fsp3) is 0.0222. The minimum atomic E-state index is -1.15. The third-order valence-electron chi connectivity index (χ3n) is 9.51. The summed E-state index contributed by atoms with van der Waals surface area (Å²) in [6.07, 6.45) is 0. The van der Waals surface area contributed by atoms with E-state index in [-0.39, 0.29) is 101 Å². The number of fused-ring (bicyclic) bond motifs is 4. The normalized spacial score (nSPS) is 9.72. The number of hydrogen-bond donors (Lipinski definition) is 5. The van der Waals surface area contributed by atoms with Crippen LogP contribution in [0.15, 0.2) is 121 Å². The quantitative estimate of drug-likeness (QED) is 0.150. The molecule has 0 aliphatic heterocycles. The number of rotatable bonds is 6. The van der Waals surface area contributed by atoms with Crippen molar-refractivity contribution in [3.63, 3.8) is 0 Å². The third-order valence-corrected chi connectivity index (χ3v) is 9.51. The second kappa shape index (κ2) is 23.2. The number of carbonyl (C=O) groups is 4. The standard InChI is InChI=1S/2C22H14O6.CH4O.2Cu.4H2O/c2*23-17-9-7-11-13(3-1-5-15(11)21(25)26)19(17)20-14-4-2-6-16(22(27)28)12(14)8-10-18(20)24;1-2;;;;;;/h2*1-10,23-24H,(H,25,26)(H,27,28);2H,1H3;;;4*1H2/q;;;2*+2;;;;/p-4. The van der Waals surface area contributed by atoms with E-state index in [1.807, 2.05) is 0 Å². The van der Waals surface area contributed by atoms with E-state index in [4.69, 9.17) is 5.11 Å². The molecule has 19 heteroatoms. The van der Waals surface area contributed by atoms with Crippen LogP contribution in [0.5, 0.6) is 23.0 Å². The van der Waals surface area contributed by atoms with Gasteiger partial charge in [-0.05, 0) is 89.6 Å². The molecule has 0 aliphatic carbocycles. The predicted molar refractivity (Wildman–Crippen MR) is 222 cm³/mol. The molecule has 0 saturated heterocycles. The summed E-state index contributed by atoms with van der Waals surface area (Å²) in [6, 6.07) is 28.6. The first kappa shape index (κ1) is 56.7. The summed E-state index contributed by atoms with van der Waals surface area (Å²) in [5, 5.41) is 98.3. The molecule has 13 N–H and O–H groups in total. The summed E-state index contributed by atoms with van der Waals surface area (Å²) >= 11 is 0. The molecule has 8 aromatic rings. The molecule has 0 heterocycles. The first-order valence-electron chi connectivity index (χ1n) is 17.1. The summed E-state index contributed by atoms with van der Waals surface area (Å²) in [7, 11) is 1.00. The molecular weight excluding hydrogens is 940 g/mol. The summed E-state index contributed by atoms with van der Waals surface area (Å²) in [6.45, 7) is 0. The van der Waals surface area contributed by atoms with E-state index < -0.39 is 46.9 Å². The summed E-state index contributed by atoms with van der Waals surface area (Å²) in [5.74, 6) is -6.37. The Hall–Kier alpha value is -7.28. The van der Waals surface area contributed by atoms with Crippen LogP contribution in [0, 0.1) is 0 Å². The Morgan fingerprint density at radius 3 is 0.641 bits per heavy atom. The summed E-state index contributed by atoms with van der Waals surface area (Å²) in [5.41, 5.74) is 0.320. The molecule has 0 atom stereocenters. The number of carboxylic acids is 4. The largest absolute Gasteiger partial charge is 2.00 e. The minimum Gasteiger partial charge on any atom is -0.872 e. The van der Waals surface area contributed by atoms with Gasteiger partial charge in [-0.3, -0.25) is 0 Å². The second-order valence-corrected chi connectivity index (χ2v) is 12.6. The molecule has 17 nitrogen and oxygen atoms in total. The van der Waals surface area contributed by atoms with Gasteiger partial charge in [-0.2, -0.15) is 0 Å². The first-order chi connectivity index (χ1) is 27.8. The van der Waals surface area contributed by atoms with Crippen molar-refractivity contribution >= 4 is 67.0 Å². The molecule has 0 unspecified atom stereocenters. The number of hydrogen-bond acceptors (Lipinski definition) is 9. The van der Waals surface area contributed by atoms with Crippen LogP contribution < -0.4 is 20.4 Å². The van der Waals surface area contributed by atoms with Crippen LogP contribution in [0.1, 0.15) is 41.4 Å². The van der Waals surface area contributed by atoms with Gasteiger partial charge in [-0.1, -0.05) is 97.1 Å². The minimum absolute atomic E-state index is 0. The van der Waals surface area contributed by atoms with Crippen molar-refractivity contribution in [1.29, 1.82) is 0 Å². The number of aromatic carboxylic acids is 4. The predicted octanol–water partition coefficient (Wildman–Crippen LogP) is 2.71. The van der Waals surface area contributed by atoms with Crippen molar-refractivity contribution in [2.45, 2.75) is 0 Å². The molecule has 2 radical (unpaired) electrons. The SMILES string of the molecule is CO.O.O.O.O.O=C(O)c1cccc2c(-c3c([O-])ccc4c(C(=O)O)cccc34)c([O-])ccc12.O=C(O)c1cccc2c(-c3c([O-])ccc4c(C(=O)O)cccc34)c([O-])ccc12.[Cu+2].[Cu+2]. The molecule has 8 aromatic carbocycles. The second-order valence-electron chi connectivity index (χ2n) is 12.6. The van der Waals surface area contributed by atoms with Gasteiger partial charge in [-0.25, -0.2) is 19.2 Å². The van der Waals surface area contributed by atoms with E-state index in [1.165, 1.54) is 97.1 Å². The number of aliphatic hydroxyl groups is 1. The van der Waals surface area contributed by atoms with Crippen molar-refractivity contribution in [1.82, 2.24) is 0 Å². The van der Waals surface area contributed by atoms with E-state index in [9.17, 15) is 60.0 Å². The summed E-state index contributed by atoms with van der Waals surface area (Å²) < 4.78 is 0. The zero-order chi connectivity index (χ0) is 42.0. The Labute approximate surface area is 382 Å². The maximum Gasteiger partial charge on any atom is 2.00 e. The Bertz CT molecular complexity index is 2600. The monoisotopic (exact) mass is 974 g/mol. The molecule has 0 fully saturated rings. The third kappa shape index (κ3) is 10.2. The van der Waals surface area contributed by atoms with Crippen molar-refractivity contribution in [3.05, 3.63) is 144 Å². The average molecular weight is 976 g/mol. The maximum absolute atomic E-state index is 12.7. The number of carboxylic acid groups (broad SMARTS) is 4. The van der Waals surface area contributed by atoms with Crippen LogP contribution in [-0.2, 0) is 34.1 Å². The molecule has 0 aromatic heterocycles. The van der Waals surface area contributed by atoms with Crippen LogP contribution in [-0.4, -0.2) is 78.4 Å². The van der Waals surface area contributed by atoms with E-state index in [0.29, 0.717) is 43.1 Å². The molecule has 8 rings (SSSR count).